The number of aromatic nitrogens is 2. The first-order chi connectivity index (χ1) is 19.1. The lowest BCUT2D eigenvalue weighted by atomic mass is 9.61. The number of allylic oxidation sites excluding steroid dienone is 2. The fraction of sp³-hybridized carbons (Fsp3) is 0.552. The molecule has 40 heavy (non-hydrogen) atoms. The lowest BCUT2D eigenvalue weighted by Crippen LogP contribution is -2.64. The van der Waals surface area contributed by atoms with Crippen molar-refractivity contribution < 1.29 is 24.4 Å². The van der Waals surface area contributed by atoms with Crippen LogP contribution in [0.3, 0.4) is 0 Å². The third-order valence-corrected chi connectivity index (χ3v) is 7.80. The van der Waals surface area contributed by atoms with Crippen LogP contribution in [0, 0.1) is 17.7 Å². The Labute approximate surface area is 240 Å². The van der Waals surface area contributed by atoms with Crippen molar-refractivity contribution in [2.24, 2.45) is 5.41 Å². The van der Waals surface area contributed by atoms with Crippen LogP contribution in [0.5, 0.6) is 5.75 Å². The number of ether oxygens (including phenoxy) is 3. The monoisotopic (exact) mass is 573 g/mol. The SMILES string of the molecule is CNC[C@@H](O)COc1ccc(Cl)c(-c2nc(/C(C(C)=N)=C(\C)O)c(C)c(N3CC4(CC(OCCOC)C4)C3)n2)c1. The van der Waals surface area contributed by atoms with Crippen LogP contribution in [0.4, 0.5) is 5.82 Å². The van der Waals surface area contributed by atoms with Crippen molar-refractivity contribution in [3.63, 3.8) is 0 Å². The Hall–Kier alpha value is -2.76. The summed E-state index contributed by atoms with van der Waals surface area (Å²) < 4.78 is 16.8. The van der Waals surface area contributed by atoms with Gasteiger partial charge in [0.1, 0.15) is 30.0 Å². The van der Waals surface area contributed by atoms with Gasteiger partial charge in [-0.15, -0.1) is 0 Å². The maximum atomic E-state index is 10.5. The molecule has 2 fully saturated rings. The number of aliphatic hydroxyl groups is 2. The number of rotatable bonds is 13. The van der Waals surface area contributed by atoms with Gasteiger partial charge in [-0.2, -0.15) is 0 Å². The van der Waals surface area contributed by atoms with E-state index < -0.39 is 6.10 Å². The van der Waals surface area contributed by atoms with E-state index >= 15 is 0 Å². The fourth-order valence-corrected chi connectivity index (χ4v) is 5.74. The molecule has 1 aliphatic carbocycles. The highest BCUT2D eigenvalue weighted by atomic mass is 35.5. The highest BCUT2D eigenvalue weighted by Gasteiger charge is 2.53. The lowest BCUT2D eigenvalue weighted by molar-refractivity contribution is -0.101. The van der Waals surface area contributed by atoms with E-state index in [2.05, 4.69) is 10.2 Å². The molecule has 4 rings (SSSR count). The van der Waals surface area contributed by atoms with Gasteiger partial charge in [-0.1, -0.05) is 11.6 Å². The van der Waals surface area contributed by atoms with Crippen LogP contribution < -0.4 is 15.0 Å². The molecule has 1 saturated heterocycles. The summed E-state index contributed by atoms with van der Waals surface area (Å²) in [5, 5.41) is 32.2. The number of nitrogens with one attached hydrogen (secondary N) is 2. The molecule has 1 saturated carbocycles. The third kappa shape index (κ3) is 6.58. The zero-order chi connectivity index (χ0) is 29.0. The molecule has 1 spiro atoms. The van der Waals surface area contributed by atoms with Crippen LogP contribution >= 0.6 is 11.6 Å². The molecule has 2 heterocycles. The molecule has 0 bridgehead atoms. The molecular formula is C29H40ClN5O5. The second-order valence-electron chi connectivity index (χ2n) is 10.8. The van der Waals surface area contributed by atoms with Gasteiger partial charge in [0.2, 0.25) is 0 Å². The van der Waals surface area contributed by atoms with Crippen LogP contribution in [-0.4, -0.2) is 91.7 Å². The van der Waals surface area contributed by atoms with Gasteiger partial charge in [0.05, 0.1) is 35.6 Å². The standard InChI is InChI=1S/C29H40ClN5O5/c1-17-26(25(18(2)31)19(3)36)33-27(23-10-21(6-7-24(23)30)40-14-20(37)13-32-4)34-28(17)35-15-29(16-35)11-22(12-29)39-9-8-38-5/h6-7,10,20,22,31-32,36-37H,8-9,11-16H2,1-5H3/b25-19+,31-18?/t20-/m1/s1. The number of halogens is 1. The summed E-state index contributed by atoms with van der Waals surface area (Å²) in [4.78, 5) is 12.0. The predicted molar refractivity (Wildman–Crippen MR) is 157 cm³/mol. The quantitative estimate of drug-likeness (QED) is 0.159. The summed E-state index contributed by atoms with van der Waals surface area (Å²) in [5.41, 5.74) is 2.63. The summed E-state index contributed by atoms with van der Waals surface area (Å²) >= 11 is 6.63. The van der Waals surface area contributed by atoms with Crippen LogP contribution in [0.2, 0.25) is 5.02 Å². The van der Waals surface area contributed by atoms with Gasteiger partial charge >= 0.3 is 0 Å². The Bertz CT molecular complexity index is 1250. The topological polar surface area (TPSA) is 133 Å². The second kappa shape index (κ2) is 12.8. The van der Waals surface area contributed by atoms with Crippen LogP contribution in [-0.2, 0) is 9.47 Å². The summed E-state index contributed by atoms with van der Waals surface area (Å²) in [6.07, 6.45) is 1.60. The van der Waals surface area contributed by atoms with Gasteiger partial charge in [-0.25, -0.2) is 9.97 Å². The highest BCUT2D eigenvalue weighted by Crippen LogP contribution is 2.51. The first-order valence-corrected chi connectivity index (χ1v) is 13.9. The molecule has 218 valence electrons. The number of methoxy groups -OCH3 is 1. The third-order valence-electron chi connectivity index (χ3n) is 7.47. The zero-order valence-corrected chi connectivity index (χ0v) is 24.6. The predicted octanol–water partition coefficient (Wildman–Crippen LogP) is 4.02. The molecule has 2 aliphatic rings. The van der Waals surface area contributed by atoms with Gasteiger partial charge in [0, 0.05) is 49.0 Å². The number of benzene rings is 1. The van der Waals surface area contributed by atoms with Gasteiger partial charge in [-0.05, 0) is 58.9 Å². The summed E-state index contributed by atoms with van der Waals surface area (Å²) in [7, 11) is 3.44. The van der Waals surface area contributed by atoms with E-state index in [1.165, 1.54) is 0 Å². The van der Waals surface area contributed by atoms with E-state index in [9.17, 15) is 10.2 Å². The molecule has 1 atom stereocenters. The minimum Gasteiger partial charge on any atom is -0.512 e. The number of aliphatic hydroxyl groups excluding tert-OH is 2. The van der Waals surface area contributed by atoms with E-state index in [-0.39, 0.29) is 29.6 Å². The van der Waals surface area contributed by atoms with Crippen molar-refractivity contribution in [1.82, 2.24) is 15.3 Å². The average molecular weight is 574 g/mol. The summed E-state index contributed by atoms with van der Waals surface area (Å²) in [6.45, 7) is 8.52. The maximum absolute atomic E-state index is 10.5. The Kier molecular flexibility index (Phi) is 9.68. The van der Waals surface area contributed by atoms with Crippen LogP contribution in [0.15, 0.2) is 24.0 Å². The average Bonchev–Trinajstić information content (AvgIpc) is 2.85. The maximum Gasteiger partial charge on any atom is 0.163 e. The zero-order valence-electron chi connectivity index (χ0n) is 23.9. The molecule has 1 aromatic heterocycles. The number of nitrogens with zero attached hydrogens (tertiary/aromatic N) is 3. The van der Waals surface area contributed by atoms with Crippen molar-refractivity contribution >= 4 is 28.7 Å². The van der Waals surface area contributed by atoms with E-state index in [1.54, 1.807) is 46.2 Å². The van der Waals surface area contributed by atoms with E-state index in [0.29, 0.717) is 53.2 Å². The number of hydrogen-bond donors (Lipinski definition) is 4. The van der Waals surface area contributed by atoms with Crippen molar-refractivity contribution in [3.05, 3.63) is 40.2 Å². The molecular weight excluding hydrogens is 534 g/mol. The summed E-state index contributed by atoms with van der Waals surface area (Å²) in [5.74, 6) is 1.66. The number of hydrogen-bond acceptors (Lipinski definition) is 10. The first-order valence-electron chi connectivity index (χ1n) is 13.5. The van der Waals surface area contributed by atoms with E-state index in [1.807, 2.05) is 6.92 Å². The fourth-order valence-electron chi connectivity index (χ4n) is 5.54. The normalized spacial score (nSPS) is 17.7. The summed E-state index contributed by atoms with van der Waals surface area (Å²) in [6, 6.07) is 5.20. The second-order valence-corrected chi connectivity index (χ2v) is 11.3. The van der Waals surface area contributed by atoms with Crippen LogP contribution in [0.1, 0.15) is 37.9 Å². The Morgan fingerprint density at radius 3 is 2.60 bits per heavy atom. The van der Waals surface area contributed by atoms with Gasteiger partial charge in [0.25, 0.3) is 0 Å². The van der Waals surface area contributed by atoms with Gasteiger partial charge < -0.3 is 40.0 Å². The number of anilines is 1. The number of likely N-dealkylation sites (N-methyl/N-ethyl adjacent to an activating group) is 1. The Morgan fingerprint density at radius 2 is 1.98 bits per heavy atom. The molecule has 0 unspecified atom stereocenters. The molecule has 1 aliphatic heterocycles. The lowest BCUT2D eigenvalue weighted by Gasteiger charge is -2.59. The Morgan fingerprint density at radius 1 is 1.25 bits per heavy atom. The molecule has 10 nitrogen and oxygen atoms in total. The highest BCUT2D eigenvalue weighted by molar-refractivity contribution is 6.33. The Balaban J connectivity index is 1.65. The smallest absolute Gasteiger partial charge is 0.163 e. The molecule has 0 amide bonds. The first kappa shape index (κ1) is 30.2. The van der Waals surface area contributed by atoms with Crippen molar-refractivity contribution in [2.45, 2.75) is 45.8 Å². The molecule has 4 N–H and O–H groups in total. The molecule has 2 aromatic rings. The minimum atomic E-state index is -0.663. The van der Waals surface area contributed by atoms with Gasteiger partial charge in [0.15, 0.2) is 5.82 Å². The van der Waals surface area contributed by atoms with Crippen molar-refractivity contribution in [3.8, 4) is 17.1 Å². The van der Waals surface area contributed by atoms with Crippen molar-refractivity contribution in [1.29, 1.82) is 5.41 Å². The van der Waals surface area contributed by atoms with E-state index in [0.717, 1.165) is 37.3 Å². The van der Waals surface area contributed by atoms with E-state index in [4.69, 9.17) is 41.2 Å². The minimum absolute atomic E-state index is 0.0167. The molecule has 1 aromatic carbocycles. The van der Waals surface area contributed by atoms with Crippen molar-refractivity contribution in [2.75, 3.05) is 58.5 Å². The van der Waals surface area contributed by atoms with Gasteiger partial charge in [-0.3, -0.25) is 0 Å². The molecule has 11 heteroatoms. The molecule has 0 radical (unpaired) electrons. The van der Waals surface area contributed by atoms with Crippen LogP contribution in [0.25, 0.3) is 17.0 Å². The largest absolute Gasteiger partial charge is 0.512 e.